The molecule has 0 spiro atoms. The molecule has 2 aromatic carbocycles. The van der Waals surface area contributed by atoms with Gasteiger partial charge in [0.1, 0.15) is 12.4 Å². The maximum atomic E-state index is 10.4. The summed E-state index contributed by atoms with van der Waals surface area (Å²) >= 11 is 3.39. The fourth-order valence-corrected chi connectivity index (χ4v) is 1.85. The van der Waals surface area contributed by atoms with E-state index in [2.05, 4.69) is 15.9 Å². The van der Waals surface area contributed by atoms with Crippen LogP contribution >= 0.6 is 15.9 Å². The zero-order valence-electron chi connectivity index (χ0n) is 10.6. The van der Waals surface area contributed by atoms with Crippen LogP contribution < -0.4 is 4.74 Å². The van der Waals surface area contributed by atoms with Crippen molar-refractivity contribution in [1.29, 1.82) is 0 Å². The van der Waals surface area contributed by atoms with Gasteiger partial charge in [0.25, 0.3) is 0 Å². The molecule has 0 aromatic heterocycles. The second-order valence-corrected chi connectivity index (χ2v) is 5.07. The van der Waals surface area contributed by atoms with Crippen molar-refractivity contribution in [3.05, 3.63) is 70.2 Å². The summed E-state index contributed by atoms with van der Waals surface area (Å²) in [4.78, 5) is 10.4. The van der Waals surface area contributed by atoms with Crippen LogP contribution in [0.25, 0.3) is 6.08 Å². The monoisotopic (exact) mass is 332 g/mol. The third kappa shape index (κ3) is 4.55. The third-order valence-corrected chi connectivity index (χ3v) is 3.15. The first-order valence-electron chi connectivity index (χ1n) is 6.02. The van der Waals surface area contributed by atoms with Crippen molar-refractivity contribution in [1.82, 2.24) is 0 Å². The van der Waals surface area contributed by atoms with Crippen molar-refractivity contribution in [2.24, 2.45) is 0 Å². The molecule has 0 amide bonds. The standard InChI is InChI=1S/C16H13BrO3/c17-14-6-1-13(2-7-14)11-20-15-8-3-12(4-9-15)5-10-16(18)19/h1-10H,11H2,(H,18,19)/b10-5+. The molecule has 2 aromatic rings. The molecule has 0 aliphatic rings. The van der Waals surface area contributed by atoms with E-state index in [-0.39, 0.29) is 0 Å². The second-order valence-electron chi connectivity index (χ2n) is 4.16. The Morgan fingerprint density at radius 3 is 2.35 bits per heavy atom. The Kier molecular flexibility index (Phi) is 4.96. The zero-order valence-corrected chi connectivity index (χ0v) is 12.2. The van der Waals surface area contributed by atoms with Gasteiger partial charge >= 0.3 is 5.97 Å². The Morgan fingerprint density at radius 2 is 1.75 bits per heavy atom. The van der Waals surface area contributed by atoms with Gasteiger partial charge in [-0.05, 0) is 41.5 Å². The summed E-state index contributed by atoms with van der Waals surface area (Å²) in [6, 6.07) is 15.2. The van der Waals surface area contributed by atoms with Crippen molar-refractivity contribution >= 4 is 28.0 Å². The first-order chi connectivity index (χ1) is 9.63. The van der Waals surface area contributed by atoms with Gasteiger partial charge < -0.3 is 9.84 Å². The van der Waals surface area contributed by atoms with Crippen molar-refractivity contribution in [3.63, 3.8) is 0 Å². The van der Waals surface area contributed by atoms with E-state index in [0.29, 0.717) is 6.61 Å². The Balaban J connectivity index is 1.93. The summed E-state index contributed by atoms with van der Waals surface area (Å²) in [6.07, 6.45) is 2.65. The van der Waals surface area contributed by atoms with Crippen LogP contribution in [0.2, 0.25) is 0 Å². The van der Waals surface area contributed by atoms with Crippen molar-refractivity contribution in [2.45, 2.75) is 6.61 Å². The van der Waals surface area contributed by atoms with E-state index in [9.17, 15) is 4.79 Å². The van der Waals surface area contributed by atoms with Gasteiger partial charge in [-0.1, -0.05) is 40.2 Å². The van der Waals surface area contributed by atoms with E-state index >= 15 is 0 Å². The van der Waals surface area contributed by atoms with E-state index in [1.165, 1.54) is 0 Å². The first kappa shape index (κ1) is 14.3. The van der Waals surface area contributed by atoms with E-state index in [4.69, 9.17) is 9.84 Å². The SMILES string of the molecule is O=C(O)/C=C/c1ccc(OCc2ccc(Br)cc2)cc1. The normalized spacial score (nSPS) is 10.7. The Bertz CT molecular complexity index is 601. The number of ether oxygens (including phenoxy) is 1. The van der Waals surface area contributed by atoms with Crippen LogP contribution in [0, 0.1) is 0 Å². The summed E-state index contributed by atoms with van der Waals surface area (Å²) in [5.41, 5.74) is 1.91. The molecule has 0 fully saturated rings. The molecule has 0 atom stereocenters. The van der Waals surface area contributed by atoms with Crippen LogP contribution in [0.4, 0.5) is 0 Å². The molecule has 0 bridgehead atoms. The largest absolute Gasteiger partial charge is 0.489 e. The van der Waals surface area contributed by atoms with Crippen molar-refractivity contribution < 1.29 is 14.6 Å². The predicted octanol–water partition coefficient (Wildman–Crippen LogP) is 4.13. The highest BCUT2D eigenvalue weighted by atomic mass is 79.9. The van der Waals surface area contributed by atoms with E-state index in [0.717, 1.165) is 27.4 Å². The summed E-state index contributed by atoms with van der Waals surface area (Å²) in [6.45, 7) is 0.498. The minimum Gasteiger partial charge on any atom is -0.489 e. The van der Waals surface area contributed by atoms with Gasteiger partial charge in [-0.3, -0.25) is 0 Å². The Morgan fingerprint density at radius 1 is 1.10 bits per heavy atom. The highest BCUT2D eigenvalue weighted by molar-refractivity contribution is 9.10. The van der Waals surface area contributed by atoms with E-state index in [1.807, 2.05) is 48.5 Å². The lowest BCUT2D eigenvalue weighted by molar-refractivity contribution is -0.131. The molecule has 0 saturated heterocycles. The molecule has 1 N–H and O–H groups in total. The third-order valence-electron chi connectivity index (χ3n) is 2.62. The molecule has 20 heavy (non-hydrogen) atoms. The Hall–Kier alpha value is -2.07. The molecule has 0 heterocycles. The molecule has 4 heteroatoms. The molecular formula is C16H13BrO3. The number of halogens is 1. The van der Waals surface area contributed by atoms with Crippen LogP contribution in [0.15, 0.2) is 59.1 Å². The number of aliphatic carboxylic acids is 1. The summed E-state index contributed by atoms with van der Waals surface area (Å²) in [5, 5.41) is 8.54. The number of rotatable bonds is 5. The summed E-state index contributed by atoms with van der Waals surface area (Å²) in [7, 11) is 0. The second kappa shape index (κ2) is 6.91. The van der Waals surface area contributed by atoms with E-state index in [1.54, 1.807) is 6.08 Å². The zero-order chi connectivity index (χ0) is 14.4. The van der Waals surface area contributed by atoms with Gasteiger partial charge in [0, 0.05) is 10.5 Å². The molecule has 2 rings (SSSR count). The molecule has 0 aliphatic carbocycles. The number of benzene rings is 2. The van der Waals surface area contributed by atoms with Crippen molar-refractivity contribution in [3.8, 4) is 5.75 Å². The maximum absolute atomic E-state index is 10.4. The van der Waals surface area contributed by atoms with Gasteiger partial charge in [0.15, 0.2) is 0 Å². The molecule has 3 nitrogen and oxygen atoms in total. The molecule has 0 unspecified atom stereocenters. The first-order valence-corrected chi connectivity index (χ1v) is 6.81. The summed E-state index contributed by atoms with van der Waals surface area (Å²) in [5.74, 6) is -0.207. The van der Waals surface area contributed by atoms with Gasteiger partial charge in [0.2, 0.25) is 0 Å². The average molecular weight is 333 g/mol. The van der Waals surface area contributed by atoms with Crippen LogP contribution in [-0.4, -0.2) is 11.1 Å². The Labute approximate surface area is 125 Å². The fourth-order valence-electron chi connectivity index (χ4n) is 1.59. The minimum absolute atomic E-state index is 0.498. The molecule has 102 valence electrons. The van der Waals surface area contributed by atoms with Crippen LogP contribution in [0.1, 0.15) is 11.1 Å². The molecular weight excluding hydrogens is 320 g/mol. The highest BCUT2D eigenvalue weighted by Crippen LogP contribution is 2.16. The van der Waals surface area contributed by atoms with Crippen LogP contribution in [0.3, 0.4) is 0 Å². The lowest BCUT2D eigenvalue weighted by Gasteiger charge is -2.06. The number of carbonyl (C=O) groups is 1. The average Bonchev–Trinajstić information content (AvgIpc) is 2.45. The van der Waals surface area contributed by atoms with Gasteiger partial charge in [-0.2, -0.15) is 0 Å². The molecule has 0 saturated carbocycles. The lowest BCUT2D eigenvalue weighted by Crippen LogP contribution is -1.94. The smallest absolute Gasteiger partial charge is 0.328 e. The number of hydrogen-bond donors (Lipinski definition) is 1. The fraction of sp³-hybridized carbons (Fsp3) is 0.0625. The van der Waals surface area contributed by atoms with E-state index < -0.39 is 5.97 Å². The predicted molar refractivity (Wildman–Crippen MR) is 81.6 cm³/mol. The number of carboxylic acid groups (broad SMARTS) is 1. The summed E-state index contributed by atoms with van der Waals surface area (Å²) < 4.78 is 6.69. The molecule has 0 radical (unpaired) electrons. The quantitative estimate of drug-likeness (QED) is 0.837. The van der Waals surface area contributed by atoms with Crippen molar-refractivity contribution in [2.75, 3.05) is 0 Å². The lowest BCUT2D eigenvalue weighted by atomic mass is 10.2. The van der Waals surface area contributed by atoms with Crippen LogP contribution in [0.5, 0.6) is 5.75 Å². The number of hydrogen-bond acceptors (Lipinski definition) is 2. The van der Waals surface area contributed by atoms with Gasteiger partial charge in [-0.15, -0.1) is 0 Å². The molecule has 0 aliphatic heterocycles. The van der Waals surface area contributed by atoms with Crippen LogP contribution in [-0.2, 0) is 11.4 Å². The van der Waals surface area contributed by atoms with Gasteiger partial charge in [0.05, 0.1) is 0 Å². The maximum Gasteiger partial charge on any atom is 0.328 e. The minimum atomic E-state index is -0.958. The highest BCUT2D eigenvalue weighted by Gasteiger charge is 1.97. The number of carboxylic acids is 1. The topological polar surface area (TPSA) is 46.5 Å². The van der Waals surface area contributed by atoms with Gasteiger partial charge in [-0.25, -0.2) is 4.79 Å².